The maximum atomic E-state index is 15.1. The number of ether oxygens (including phenoxy) is 2. The Morgan fingerprint density at radius 1 is 0.398 bits per heavy atom. The Balaban J connectivity index is 1.01. The lowest BCUT2D eigenvalue weighted by Crippen LogP contribution is -2.28. The number of rotatable bonds is 10. The first-order chi connectivity index (χ1) is 45.3. The molecule has 0 amide bonds. The molecular weight excluding hydrogens is 1210 g/mol. The van der Waals surface area contributed by atoms with Crippen LogP contribution in [0, 0.1) is 0 Å². The van der Waals surface area contributed by atoms with Crippen LogP contribution >= 0.6 is 0 Å². The smallest absolute Gasteiger partial charge is 0.335 e. The molecule has 2 aliphatic heterocycles. The third kappa shape index (κ3) is 13.4. The molecule has 0 saturated heterocycles. The largest absolute Gasteiger partial charge is 0.872 e. The molecule has 3 aliphatic rings. The maximum absolute atomic E-state index is 15.1. The van der Waals surface area contributed by atoms with Crippen molar-refractivity contribution in [2.75, 3.05) is 0 Å². The van der Waals surface area contributed by atoms with Crippen molar-refractivity contribution in [3.8, 4) is 79.0 Å². The van der Waals surface area contributed by atoms with Crippen molar-refractivity contribution in [2.45, 2.75) is 233 Å². The van der Waals surface area contributed by atoms with E-state index in [0.717, 1.165) is 115 Å². The molecular formula is C88H100N2O8-2. The van der Waals surface area contributed by atoms with Gasteiger partial charge in [-0.15, -0.1) is 0 Å². The summed E-state index contributed by atoms with van der Waals surface area (Å²) in [7, 11) is 0. The molecule has 1 fully saturated rings. The van der Waals surface area contributed by atoms with Crippen LogP contribution in [-0.2, 0) is 43.3 Å². The maximum Gasteiger partial charge on any atom is 0.335 e. The predicted octanol–water partition coefficient (Wildman–Crippen LogP) is 21.4. The van der Waals surface area contributed by atoms with Gasteiger partial charge in [-0.25, -0.2) is 9.59 Å². The Morgan fingerprint density at radius 2 is 0.663 bits per heavy atom. The fourth-order valence-electron chi connectivity index (χ4n) is 14.2. The van der Waals surface area contributed by atoms with Gasteiger partial charge in [-0.05, 0) is 173 Å². The highest BCUT2D eigenvalue weighted by atomic mass is 16.5. The van der Waals surface area contributed by atoms with E-state index in [4.69, 9.17) is 19.5 Å². The third-order valence-electron chi connectivity index (χ3n) is 20.8. The van der Waals surface area contributed by atoms with E-state index in [1.54, 1.807) is 36.7 Å². The van der Waals surface area contributed by atoms with Gasteiger partial charge < -0.3 is 29.9 Å². The lowest BCUT2D eigenvalue weighted by molar-refractivity contribution is -0.270. The Kier molecular flexibility index (Phi) is 17.7. The molecule has 0 bridgehead atoms. The van der Waals surface area contributed by atoms with Gasteiger partial charge in [0.05, 0.1) is 23.2 Å². The van der Waals surface area contributed by atoms with Crippen LogP contribution in [0.2, 0.25) is 0 Å². The van der Waals surface area contributed by atoms with E-state index in [1.165, 1.54) is 0 Å². The number of benzene rings is 8. The molecule has 8 aromatic rings. The minimum Gasteiger partial charge on any atom is -0.872 e. The van der Waals surface area contributed by atoms with Crippen LogP contribution in [0.4, 0.5) is 0 Å². The molecule has 10 nitrogen and oxygen atoms in total. The van der Waals surface area contributed by atoms with Crippen molar-refractivity contribution >= 4 is 24.4 Å². The molecule has 98 heavy (non-hydrogen) atoms. The van der Waals surface area contributed by atoms with E-state index in [1.807, 2.05) is 48.5 Å². The number of aliphatic imine (C=N–C) groups is 2. The number of carboxylic acids is 2. The monoisotopic (exact) mass is 1310 g/mol. The van der Waals surface area contributed by atoms with Gasteiger partial charge in [0.1, 0.15) is 23.0 Å². The van der Waals surface area contributed by atoms with Gasteiger partial charge >= 0.3 is 11.9 Å². The minimum atomic E-state index is -0.989. The summed E-state index contributed by atoms with van der Waals surface area (Å²) in [6.07, 6.45) is 6.92. The Hall–Kier alpha value is -8.76. The number of aromatic carboxylic acids is 2. The number of hydrogen-bond donors (Lipinski definition) is 2. The van der Waals surface area contributed by atoms with E-state index in [-0.39, 0.29) is 56.4 Å². The SMILES string of the molecule is CC(C)(C)c1cc(-c2ccc(C(=O)O)cc2)c2c(c1)C(C)(C)c1cc(C(C)(C)C)cc(-c3cc(C=N[C@H]4CCCC[C@@H]4N=Cc4cc(-c5cc(C(C)(C)C)cc6c5Oc5c(-c7ccc(C(=O)O)cc7)cc(C(C)(C)C)cc5C6(C)C)cc(C(C)(C)C)c4[O-])c([O-])c(C(C)(C)C)c3)c1O2. The van der Waals surface area contributed by atoms with Crippen molar-refractivity contribution in [2.24, 2.45) is 9.98 Å². The molecule has 0 unspecified atom stereocenters. The highest BCUT2D eigenvalue weighted by molar-refractivity contribution is 5.93. The van der Waals surface area contributed by atoms with Gasteiger partial charge in [0.2, 0.25) is 0 Å². The zero-order valence-electron chi connectivity index (χ0n) is 61.9. The van der Waals surface area contributed by atoms with E-state index >= 15 is 10.2 Å². The van der Waals surface area contributed by atoms with E-state index in [9.17, 15) is 19.8 Å². The molecule has 0 spiro atoms. The second-order valence-electron chi connectivity index (χ2n) is 35.2. The molecule has 10 heteroatoms. The summed E-state index contributed by atoms with van der Waals surface area (Å²) >= 11 is 0. The first-order valence-corrected chi connectivity index (χ1v) is 34.9. The van der Waals surface area contributed by atoms with Gasteiger partial charge in [0.15, 0.2) is 0 Å². The van der Waals surface area contributed by atoms with Crippen molar-refractivity contribution in [3.05, 3.63) is 199 Å². The zero-order chi connectivity index (χ0) is 71.7. The summed E-state index contributed by atoms with van der Waals surface area (Å²) in [4.78, 5) is 34.8. The van der Waals surface area contributed by atoms with Crippen LogP contribution in [0.15, 0.2) is 131 Å². The highest BCUT2D eigenvalue weighted by Crippen LogP contribution is 2.59. The minimum absolute atomic E-state index is 0.0912. The molecule has 0 aromatic heterocycles. The fourth-order valence-corrected chi connectivity index (χ4v) is 14.2. The van der Waals surface area contributed by atoms with Crippen molar-refractivity contribution in [1.29, 1.82) is 0 Å². The molecule has 0 radical (unpaired) electrons. The fraction of sp³-hybridized carbons (Fsp3) is 0.409. The van der Waals surface area contributed by atoms with Crippen LogP contribution in [0.1, 0.15) is 265 Å². The number of carbonyl (C=O) groups is 2. The second kappa shape index (κ2) is 24.6. The third-order valence-corrected chi connectivity index (χ3v) is 20.8. The standard InChI is InChI=1S/C88H102N2O8/c1-81(2,3)57-39-61(49-27-31-51(32-28-49)79(93)94)75-67(43-57)87(19,20)69-45-59(83(7,8)9)41-63(77(69)97-75)53-35-55(73(91)65(37-53)85(13,14)15)47-89-71-25-23-24-26-72(71)90-48-56-36-54(38-66(74(56)92)86(16,17)18)64-42-60(84(10,11)12)46-70-78(64)98-76-62(50-29-33-52(34-30-50)80(95)96)40-58(82(4,5)6)44-68(76)88(70,21)22/h27-48,71-72,91-92H,23-26H2,1-22H3,(H,93,94)(H,95,96)/p-2/t71-,72-/m0/s1. The van der Waals surface area contributed by atoms with Gasteiger partial charge in [-0.1, -0.05) is 237 Å². The zero-order valence-corrected chi connectivity index (χ0v) is 61.9. The lowest BCUT2D eigenvalue weighted by atomic mass is 9.70. The molecule has 1 aliphatic carbocycles. The van der Waals surface area contributed by atoms with E-state index < -0.39 is 33.6 Å². The van der Waals surface area contributed by atoms with Crippen LogP contribution in [0.25, 0.3) is 44.5 Å². The molecule has 8 aromatic carbocycles. The van der Waals surface area contributed by atoms with Gasteiger partial charge in [-0.3, -0.25) is 9.98 Å². The average Bonchev–Trinajstić information content (AvgIpc) is 0.720. The average molecular weight is 1310 g/mol. The molecule has 1 saturated carbocycles. The first-order valence-electron chi connectivity index (χ1n) is 34.9. The topological polar surface area (TPSA) is 164 Å². The molecule has 2 heterocycles. The van der Waals surface area contributed by atoms with Gasteiger partial charge in [0, 0.05) is 67.8 Å². The highest BCUT2D eigenvalue weighted by Gasteiger charge is 2.42. The predicted molar refractivity (Wildman–Crippen MR) is 398 cm³/mol. The van der Waals surface area contributed by atoms with Crippen LogP contribution in [-0.4, -0.2) is 46.7 Å². The van der Waals surface area contributed by atoms with Crippen molar-refractivity contribution in [3.63, 3.8) is 0 Å². The quantitative estimate of drug-likeness (QED) is 0.128. The Labute approximate surface area is 582 Å². The summed E-state index contributed by atoms with van der Waals surface area (Å²) in [6.45, 7) is 48.0. The van der Waals surface area contributed by atoms with E-state index in [2.05, 4.69) is 201 Å². The summed E-state index contributed by atoms with van der Waals surface area (Å²) in [5.41, 5.74) is 14.9. The Morgan fingerprint density at radius 3 is 0.908 bits per heavy atom. The summed E-state index contributed by atoms with van der Waals surface area (Å²) in [5.74, 6) is 0.671. The second-order valence-corrected chi connectivity index (χ2v) is 35.2. The lowest BCUT2D eigenvalue weighted by Gasteiger charge is -2.39. The van der Waals surface area contributed by atoms with Gasteiger partial charge in [-0.2, -0.15) is 0 Å². The molecule has 2 N–H and O–H groups in total. The number of carboxylic acid groups (broad SMARTS) is 2. The number of nitrogens with zero attached hydrogens (tertiary/aromatic N) is 2. The van der Waals surface area contributed by atoms with Crippen LogP contribution < -0.4 is 19.7 Å². The summed E-state index contributed by atoms with van der Waals surface area (Å²) in [5, 5.41) is 50.0. The van der Waals surface area contributed by atoms with Crippen LogP contribution in [0.3, 0.4) is 0 Å². The van der Waals surface area contributed by atoms with Crippen LogP contribution in [0.5, 0.6) is 34.5 Å². The molecule has 11 rings (SSSR count). The van der Waals surface area contributed by atoms with E-state index in [0.29, 0.717) is 45.3 Å². The Bertz CT molecular complexity index is 4280. The summed E-state index contributed by atoms with van der Waals surface area (Å²) in [6, 6.07) is 39.5. The number of fused-ring (bicyclic) bond motifs is 4. The first kappa shape index (κ1) is 70.6. The van der Waals surface area contributed by atoms with Crippen molar-refractivity contribution < 1.29 is 39.5 Å². The summed E-state index contributed by atoms with van der Waals surface area (Å²) < 4.78 is 14.8. The number of hydrogen-bond acceptors (Lipinski definition) is 8. The molecule has 2 atom stereocenters. The van der Waals surface area contributed by atoms with Gasteiger partial charge in [0.25, 0.3) is 0 Å². The van der Waals surface area contributed by atoms with Crippen molar-refractivity contribution in [1.82, 2.24) is 0 Å². The normalized spacial score (nSPS) is 17.0. The molecule has 512 valence electrons.